The lowest BCUT2D eigenvalue weighted by Crippen LogP contribution is -2.52. The van der Waals surface area contributed by atoms with Crippen molar-refractivity contribution in [3.8, 4) is 0 Å². The highest BCUT2D eigenvalue weighted by Crippen LogP contribution is 2.21. The average Bonchev–Trinajstić information content (AvgIpc) is 3.25. The van der Waals surface area contributed by atoms with Gasteiger partial charge in [-0.05, 0) is 37.1 Å². The van der Waals surface area contributed by atoms with Crippen molar-refractivity contribution in [2.45, 2.75) is 12.8 Å². The van der Waals surface area contributed by atoms with Crippen LogP contribution in [0.25, 0.3) is 0 Å². The van der Waals surface area contributed by atoms with E-state index < -0.39 is 10.2 Å². The van der Waals surface area contributed by atoms with Crippen molar-refractivity contribution in [2.75, 3.05) is 49.5 Å². The lowest BCUT2D eigenvalue weighted by molar-refractivity contribution is 0.343. The first-order valence-electron chi connectivity index (χ1n) is 9.14. The zero-order valence-corrected chi connectivity index (χ0v) is 15.8. The monoisotopic (exact) mass is 389 g/mol. The molecule has 144 valence electrons. The fourth-order valence-electron chi connectivity index (χ4n) is 3.38. The molecule has 2 aromatic rings. The Bertz CT molecular complexity index is 847. The average molecular weight is 389 g/mol. The Morgan fingerprint density at radius 3 is 2.26 bits per heavy atom. The van der Waals surface area contributed by atoms with Crippen molar-refractivity contribution in [3.05, 3.63) is 36.7 Å². The van der Waals surface area contributed by atoms with Gasteiger partial charge in [0, 0.05) is 45.5 Å². The third kappa shape index (κ3) is 4.02. The molecule has 0 aromatic carbocycles. The summed E-state index contributed by atoms with van der Waals surface area (Å²) in [5, 5.41) is 11.6. The fraction of sp³-hybridized carbons (Fsp3) is 0.471. The van der Waals surface area contributed by atoms with Gasteiger partial charge in [0.2, 0.25) is 0 Å². The molecule has 1 N–H and O–H groups in total. The summed E-state index contributed by atoms with van der Waals surface area (Å²) in [6, 6.07) is 7.52. The molecule has 10 heteroatoms. The van der Waals surface area contributed by atoms with E-state index in [2.05, 4.69) is 25.4 Å². The molecule has 2 aliphatic heterocycles. The maximum absolute atomic E-state index is 12.6. The molecular weight excluding hydrogens is 366 g/mol. The van der Waals surface area contributed by atoms with E-state index in [1.807, 2.05) is 24.3 Å². The smallest absolute Gasteiger partial charge is 0.282 e. The first-order chi connectivity index (χ1) is 13.1. The lowest BCUT2D eigenvalue weighted by Gasteiger charge is -2.36. The number of hydrogen-bond donors (Lipinski definition) is 1. The summed E-state index contributed by atoms with van der Waals surface area (Å²) in [5.74, 6) is 1.40. The van der Waals surface area contributed by atoms with Crippen LogP contribution in [0.5, 0.6) is 0 Å². The standard InChI is InChI=1S/C17H23N7O2S/c25-27(26,23-8-1-2-9-23)24-12-10-22(11-13-24)17-6-5-16(20-21-17)19-15-4-3-7-18-14-15/h3-7,14H,1-2,8-13H2,(H,19,20). The van der Waals surface area contributed by atoms with E-state index in [0.717, 1.165) is 24.3 Å². The Morgan fingerprint density at radius 2 is 1.63 bits per heavy atom. The van der Waals surface area contributed by atoms with Gasteiger partial charge in [-0.1, -0.05) is 0 Å². The van der Waals surface area contributed by atoms with Gasteiger partial charge in [-0.25, -0.2) is 0 Å². The molecule has 0 amide bonds. The topological polar surface area (TPSA) is 94.6 Å². The van der Waals surface area contributed by atoms with Crippen LogP contribution in [-0.2, 0) is 10.2 Å². The molecule has 4 rings (SSSR count). The highest BCUT2D eigenvalue weighted by molar-refractivity contribution is 7.86. The van der Waals surface area contributed by atoms with Crippen LogP contribution in [0.1, 0.15) is 12.8 Å². The highest BCUT2D eigenvalue weighted by Gasteiger charge is 2.33. The maximum Gasteiger partial charge on any atom is 0.282 e. The largest absolute Gasteiger partial charge is 0.352 e. The van der Waals surface area contributed by atoms with E-state index in [4.69, 9.17) is 0 Å². The molecule has 27 heavy (non-hydrogen) atoms. The number of rotatable bonds is 5. The normalized spacial score (nSPS) is 19.3. The summed E-state index contributed by atoms with van der Waals surface area (Å²) in [6.45, 7) is 3.43. The molecular formula is C17H23N7O2S. The molecule has 2 aliphatic rings. The van der Waals surface area contributed by atoms with Gasteiger partial charge in [0.1, 0.15) is 0 Å². The SMILES string of the molecule is O=S(=O)(N1CCCC1)N1CCN(c2ccc(Nc3cccnc3)nn2)CC1. The summed E-state index contributed by atoms with van der Waals surface area (Å²) in [7, 11) is -3.32. The van der Waals surface area contributed by atoms with Gasteiger partial charge < -0.3 is 10.2 Å². The fourth-order valence-corrected chi connectivity index (χ4v) is 5.05. The van der Waals surface area contributed by atoms with E-state index in [0.29, 0.717) is 45.1 Å². The van der Waals surface area contributed by atoms with Crippen molar-refractivity contribution >= 4 is 27.5 Å². The van der Waals surface area contributed by atoms with Crippen LogP contribution in [0.4, 0.5) is 17.3 Å². The molecule has 0 spiro atoms. The summed E-state index contributed by atoms with van der Waals surface area (Å²) in [4.78, 5) is 6.12. The number of anilines is 3. The number of pyridine rings is 1. The first-order valence-corrected chi connectivity index (χ1v) is 10.5. The van der Waals surface area contributed by atoms with Gasteiger partial charge in [-0.2, -0.15) is 17.0 Å². The van der Waals surface area contributed by atoms with Gasteiger partial charge in [-0.15, -0.1) is 10.2 Å². The molecule has 0 aliphatic carbocycles. The number of piperazine rings is 1. The Hall–Kier alpha value is -2.30. The maximum atomic E-state index is 12.6. The third-order valence-electron chi connectivity index (χ3n) is 4.86. The van der Waals surface area contributed by atoms with E-state index in [9.17, 15) is 8.42 Å². The predicted octanol–water partition coefficient (Wildman–Crippen LogP) is 1.08. The minimum atomic E-state index is -3.32. The number of hydrogen-bond acceptors (Lipinski definition) is 7. The predicted molar refractivity (Wildman–Crippen MR) is 103 cm³/mol. The van der Waals surface area contributed by atoms with Crippen LogP contribution in [0.3, 0.4) is 0 Å². The zero-order chi connectivity index (χ0) is 18.7. The molecule has 2 fully saturated rings. The molecule has 0 saturated carbocycles. The molecule has 9 nitrogen and oxygen atoms in total. The van der Waals surface area contributed by atoms with Crippen LogP contribution in [0.2, 0.25) is 0 Å². The number of aromatic nitrogens is 3. The van der Waals surface area contributed by atoms with E-state index in [1.165, 1.54) is 0 Å². The second-order valence-electron chi connectivity index (χ2n) is 6.64. The minimum Gasteiger partial charge on any atom is -0.352 e. The van der Waals surface area contributed by atoms with Crippen LogP contribution in [-0.4, -0.2) is 71.5 Å². The van der Waals surface area contributed by atoms with E-state index >= 15 is 0 Å². The van der Waals surface area contributed by atoms with Gasteiger partial charge in [-0.3, -0.25) is 4.98 Å². The van der Waals surface area contributed by atoms with Gasteiger partial charge in [0.15, 0.2) is 11.6 Å². The van der Waals surface area contributed by atoms with Crippen molar-refractivity contribution in [2.24, 2.45) is 0 Å². The van der Waals surface area contributed by atoms with Crippen LogP contribution >= 0.6 is 0 Å². The molecule has 2 saturated heterocycles. The van der Waals surface area contributed by atoms with E-state index in [-0.39, 0.29) is 0 Å². The van der Waals surface area contributed by atoms with Crippen molar-refractivity contribution in [1.29, 1.82) is 0 Å². The van der Waals surface area contributed by atoms with Crippen molar-refractivity contribution in [3.63, 3.8) is 0 Å². The molecule has 0 radical (unpaired) electrons. The van der Waals surface area contributed by atoms with Crippen molar-refractivity contribution < 1.29 is 8.42 Å². The summed E-state index contributed by atoms with van der Waals surface area (Å²) >= 11 is 0. The first kappa shape index (κ1) is 18.1. The number of nitrogens with one attached hydrogen (secondary N) is 1. The van der Waals surface area contributed by atoms with E-state index in [1.54, 1.807) is 21.0 Å². The molecule has 2 aromatic heterocycles. The van der Waals surface area contributed by atoms with Gasteiger partial charge in [0.05, 0.1) is 11.9 Å². The van der Waals surface area contributed by atoms with Crippen LogP contribution in [0, 0.1) is 0 Å². The number of nitrogens with zero attached hydrogens (tertiary/aromatic N) is 6. The Balaban J connectivity index is 1.35. The Morgan fingerprint density at radius 1 is 0.889 bits per heavy atom. The summed E-state index contributed by atoms with van der Waals surface area (Å²) in [5.41, 5.74) is 0.847. The second-order valence-corrected chi connectivity index (χ2v) is 8.57. The molecule has 4 heterocycles. The summed E-state index contributed by atoms with van der Waals surface area (Å²) in [6.07, 6.45) is 5.33. The molecule has 0 atom stereocenters. The zero-order valence-electron chi connectivity index (χ0n) is 15.0. The quantitative estimate of drug-likeness (QED) is 0.817. The molecule has 0 bridgehead atoms. The highest BCUT2D eigenvalue weighted by atomic mass is 32.2. The van der Waals surface area contributed by atoms with Crippen molar-refractivity contribution in [1.82, 2.24) is 23.8 Å². The van der Waals surface area contributed by atoms with Crippen LogP contribution < -0.4 is 10.2 Å². The Kier molecular flexibility index (Phi) is 5.19. The second kappa shape index (κ2) is 7.75. The summed E-state index contributed by atoms with van der Waals surface area (Å²) < 4.78 is 28.5. The van der Waals surface area contributed by atoms with Crippen LogP contribution in [0.15, 0.2) is 36.7 Å². The third-order valence-corrected chi connectivity index (χ3v) is 6.90. The Labute approximate surface area is 159 Å². The molecule has 0 unspecified atom stereocenters. The van der Waals surface area contributed by atoms with Gasteiger partial charge >= 0.3 is 0 Å². The minimum absolute atomic E-state index is 0.468. The lowest BCUT2D eigenvalue weighted by atomic mass is 10.3. The van der Waals surface area contributed by atoms with Gasteiger partial charge in [0.25, 0.3) is 10.2 Å².